The Kier molecular flexibility index (Phi) is 5.03. The number of benzene rings is 2. The normalized spacial score (nSPS) is 12.0. The van der Waals surface area contributed by atoms with Crippen molar-refractivity contribution >= 4 is 32.8 Å². The summed E-state index contributed by atoms with van der Waals surface area (Å²) in [5.41, 5.74) is 1.99. The zero-order valence-corrected chi connectivity index (χ0v) is 16.5. The largest absolute Gasteiger partial charge is 0.299 e. The predicted molar refractivity (Wildman–Crippen MR) is 105 cm³/mol. The Hall–Kier alpha value is -2.71. The minimum absolute atomic E-state index is 0.138. The molecule has 9 heteroatoms. The summed E-state index contributed by atoms with van der Waals surface area (Å²) in [4.78, 5) is 12.8. The third-order valence-corrected chi connectivity index (χ3v) is 5.32. The molecule has 1 N–H and O–H groups in total. The van der Waals surface area contributed by atoms with Crippen LogP contribution in [0.15, 0.2) is 62.4 Å². The molecule has 0 amide bonds. The molecule has 0 unspecified atom stereocenters. The molecule has 0 saturated carbocycles. The zero-order valence-electron chi connectivity index (χ0n) is 14.9. The molecule has 0 aliphatic carbocycles. The van der Waals surface area contributed by atoms with Gasteiger partial charge in [0, 0.05) is 11.3 Å². The Morgan fingerprint density at radius 3 is 2.48 bits per heavy atom. The molecule has 2 aromatic carbocycles. The lowest BCUT2D eigenvalue weighted by molar-refractivity contribution is 0.602. The van der Waals surface area contributed by atoms with Gasteiger partial charge in [-0.25, -0.2) is 13.1 Å². The van der Waals surface area contributed by atoms with E-state index in [1.54, 1.807) is 44.2 Å². The van der Waals surface area contributed by atoms with Gasteiger partial charge in [-0.15, -0.1) is 10.2 Å². The van der Waals surface area contributed by atoms with Gasteiger partial charge >= 0.3 is 0 Å². The number of aromatic nitrogens is 2. The molecule has 27 heavy (non-hydrogen) atoms. The number of hydrogen-bond donors (Lipinski definition) is 1. The SMILES string of the molecule is Cc1ccc(S(C)(=O)=O)cc1N=Nc1c(C)[nH]n(-c2cccc(Cl)c2)c1=O. The van der Waals surface area contributed by atoms with Crippen LogP contribution in [0.1, 0.15) is 11.3 Å². The van der Waals surface area contributed by atoms with Gasteiger partial charge in [-0.1, -0.05) is 23.7 Å². The van der Waals surface area contributed by atoms with E-state index in [1.807, 2.05) is 0 Å². The third-order valence-electron chi connectivity index (χ3n) is 3.97. The minimum atomic E-state index is -3.36. The maximum atomic E-state index is 12.7. The second kappa shape index (κ2) is 7.13. The highest BCUT2D eigenvalue weighted by Crippen LogP contribution is 2.25. The monoisotopic (exact) mass is 404 g/mol. The first kappa shape index (κ1) is 19.1. The van der Waals surface area contributed by atoms with Gasteiger partial charge in [0.2, 0.25) is 0 Å². The van der Waals surface area contributed by atoms with Gasteiger partial charge in [0.25, 0.3) is 5.56 Å². The number of hydrogen-bond acceptors (Lipinski definition) is 5. The maximum absolute atomic E-state index is 12.7. The topological polar surface area (TPSA) is 96.7 Å². The molecule has 0 atom stereocenters. The maximum Gasteiger partial charge on any atom is 0.299 e. The van der Waals surface area contributed by atoms with Crippen molar-refractivity contribution in [3.8, 4) is 5.69 Å². The molecule has 3 rings (SSSR count). The predicted octanol–water partition coefficient (Wildman–Crippen LogP) is 4.25. The van der Waals surface area contributed by atoms with Gasteiger partial charge in [0.15, 0.2) is 15.5 Å². The first-order chi connectivity index (χ1) is 12.7. The second-order valence-electron chi connectivity index (χ2n) is 6.13. The van der Waals surface area contributed by atoms with Crippen LogP contribution in [0.4, 0.5) is 11.4 Å². The van der Waals surface area contributed by atoms with Crippen molar-refractivity contribution in [2.75, 3.05) is 6.26 Å². The molecule has 0 saturated heterocycles. The summed E-state index contributed by atoms with van der Waals surface area (Å²) in [7, 11) is -3.36. The molecule has 0 aliphatic rings. The van der Waals surface area contributed by atoms with Crippen LogP contribution in [0.3, 0.4) is 0 Å². The van der Waals surface area contributed by atoms with E-state index in [1.165, 1.54) is 16.8 Å². The zero-order chi connectivity index (χ0) is 19.8. The molecule has 0 bridgehead atoms. The number of sulfone groups is 1. The summed E-state index contributed by atoms with van der Waals surface area (Å²) >= 11 is 5.98. The van der Waals surface area contributed by atoms with E-state index >= 15 is 0 Å². The van der Waals surface area contributed by atoms with Crippen LogP contribution >= 0.6 is 11.6 Å². The van der Waals surface area contributed by atoms with Crippen LogP contribution in [0.2, 0.25) is 5.02 Å². The Morgan fingerprint density at radius 1 is 1.07 bits per heavy atom. The van der Waals surface area contributed by atoms with Crippen LogP contribution in [0.5, 0.6) is 0 Å². The molecular formula is C18H17ClN4O3S. The van der Waals surface area contributed by atoms with E-state index < -0.39 is 9.84 Å². The summed E-state index contributed by atoms with van der Waals surface area (Å²) in [5.74, 6) is 0. The van der Waals surface area contributed by atoms with Crippen molar-refractivity contribution < 1.29 is 8.42 Å². The molecule has 3 aromatic rings. The van der Waals surface area contributed by atoms with Crippen molar-refractivity contribution in [1.29, 1.82) is 0 Å². The van der Waals surface area contributed by atoms with E-state index in [0.717, 1.165) is 11.8 Å². The average molecular weight is 405 g/mol. The number of nitrogens with one attached hydrogen (secondary N) is 1. The van der Waals surface area contributed by atoms with Gasteiger partial charge in [0.05, 0.1) is 22.0 Å². The van der Waals surface area contributed by atoms with E-state index in [0.29, 0.717) is 22.1 Å². The highest BCUT2D eigenvalue weighted by Gasteiger charge is 2.13. The summed E-state index contributed by atoms with van der Waals surface area (Å²) < 4.78 is 24.8. The van der Waals surface area contributed by atoms with Crippen LogP contribution < -0.4 is 5.56 Å². The van der Waals surface area contributed by atoms with Crippen LogP contribution in [-0.4, -0.2) is 24.5 Å². The van der Waals surface area contributed by atoms with Crippen molar-refractivity contribution in [2.45, 2.75) is 18.7 Å². The Bertz CT molecular complexity index is 1210. The Labute approximate surface area is 161 Å². The fraction of sp³-hybridized carbons (Fsp3) is 0.167. The van der Waals surface area contributed by atoms with Gasteiger partial charge in [0.1, 0.15) is 0 Å². The van der Waals surface area contributed by atoms with Crippen molar-refractivity contribution in [1.82, 2.24) is 9.78 Å². The molecule has 0 fully saturated rings. The lowest BCUT2D eigenvalue weighted by Gasteiger charge is -2.02. The smallest absolute Gasteiger partial charge is 0.293 e. The second-order valence-corrected chi connectivity index (χ2v) is 8.58. The molecule has 7 nitrogen and oxygen atoms in total. The highest BCUT2D eigenvalue weighted by atomic mass is 35.5. The van der Waals surface area contributed by atoms with E-state index in [4.69, 9.17) is 11.6 Å². The summed E-state index contributed by atoms with van der Waals surface area (Å²) in [6.45, 7) is 3.49. The third kappa shape index (κ3) is 4.01. The Morgan fingerprint density at radius 2 is 1.81 bits per heavy atom. The number of aryl methyl sites for hydroxylation is 2. The van der Waals surface area contributed by atoms with E-state index in [-0.39, 0.29) is 16.1 Å². The lowest BCUT2D eigenvalue weighted by atomic mass is 10.2. The van der Waals surface area contributed by atoms with Crippen LogP contribution in [0.25, 0.3) is 5.69 Å². The van der Waals surface area contributed by atoms with Gasteiger partial charge in [-0.3, -0.25) is 9.89 Å². The number of azo groups is 1. The average Bonchev–Trinajstić information content (AvgIpc) is 2.87. The van der Waals surface area contributed by atoms with Crippen molar-refractivity contribution in [3.63, 3.8) is 0 Å². The fourth-order valence-electron chi connectivity index (χ4n) is 2.48. The number of rotatable bonds is 4. The molecule has 0 spiro atoms. The fourth-order valence-corrected chi connectivity index (χ4v) is 3.31. The first-order valence-corrected chi connectivity index (χ1v) is 10.2. The van der Waals surface area contributed by atoms with E-state index in [9.17, 15) is 13.2 Å². The minimum Gasteiger partial charge on any atom is -0.293 e. The standard InChI is InChI=1S/C18H17ClN4O3S/c1-11-7-8-15(27(3,25)26)10-16(11)20-21-17-12(2)22-23(18(17)24)14-6-4-5-13(19)9-14/h4-10,22H,1-3H3. The van der Waals surface area contributed by atoms with E-state index in [2.05, 4.69) is 15.3 Å². The first-order valence-electron chi connectivity index (χ1n) is 7.97. The molecule has 1 aromatic heterocycles. The molecule has 0 radical (unpaired) electrons. The molecule has 140 valence electrons. The molecular weight excluding hydrogens is 388 g/mol. The van der Waals surface area contributed by atoms with Gasteiger partial charge in [-0.2, -0.15) is 0 Å². The number of H-pyrrole nitrogens is 1. The Balaban J connectivity index is 2.04. The quantitative estimate of drug-likeness (QED) is 0.658. The van der Waals surface area contributed by atoms with Gasteiger partial charge < -0.3 is 0 Å². The van der Waals surface area contributed by atoms with Crippen LogP contribution in [-0.2, 0) is 9.84 Å². The number of nitrogens with zero attached hydrogens (tertiary/aromatic N) is 3. The number of aromatic amines is 1. The van der Waals surface area contributed by atoms with Gasteiger partial charge in [-0.05, 0) is 49.7 Å². The summed E-state index contributed by atoms with van der Waals surface area (Å²) in [6, 6.07) is 11.4. The van der Waals surface area contributed by atoms with Crippen molar-refractivity contribution in [3.05, 3.63) is 69.1 Å². The molecule has 0 aliphatic heterocycles. The lowest BCUT2D eigenvalue weighted by Crippen LogP contribution is -2.13. The number of halogens is 1. The summed E-state index contributed by atoms with van der Waals surface area (Å²) in [6.07, 6.45) is 1.12. The van der Waals surface area contributed by atoms with Crippen LogP contribution in [0, 0.1) is 13.8 Å². The highest BCUT2D eigenvalue weighted by molar-refractivity contribution is 7.90. The van der Waals surface area contributed by atoms with Crippen molar-refractivity contribution in [2.24, 2.45) is 10.2 Å². The molecule has 1 heterocycles. The summed E-state index contributed by atoms with van der Waals surface area (Å²) in [5, 5.41) is 11.6.